The molecule has 2 aliphatic carbocycles. The number of carboxylic acids is 1. The van der Waals surface area contributed by atoms with Gasteiger partial charge in [-0.3, -0.25) is 10.1 Å². The lowest BCUT2D eigenvalue weighted by atomic mass is 9.70. The minimum atomic E-state index is -0.630. The molecule has 18 heavy (non-hydrogen) atoms. The quantitative estimate of drug-likeness (QED) is 0.808. The molecule has 0 spiro atoms. The zero-order chi connectivity index (χ0) is 13.0. The molecule has 0 saturated heterocycles. The number of aliphatic carboxylic acids is 1. The molecule has 2 atom stereocenters. The fourth-order valence-corrected chi connectivity index (χ4v) is 3.94. The van der Waals surface area contributed by atoms with Crippen molar-refractivity contribution in [1.29, 1.82) is 0 Å². The molecule has 104 valence electrons. The topological polar surface area (TPSA) is 49.3 Å². The first-order valence-corrected chi connectivity index (χ1v) is 7.70. The summed E-state index contributed by atoms with van der Waals surface area (Å²) in [6, 6.07) is 0.432. The van der Waals surface area contributed by atoms with Crippen LogP contribution in [0.3, 0.4) is 0 Å². The van der Waals surface area contributed by atoms with Gasteiger partial charge < -0.3 is 5.11 Å². The largest absolute Gasteiger partial charge is 0.480 e. The van der Waals surface area contributed by atoms with Crippen molar-refractivity contribution in [2.45, 2.75) is 82.7 Å². The third-order valence-electron chi connectivity index (χ3n) is 5.01. The Balaban J connectivity index is 2.11. The molecule has 3 heteroatoms. The Bertz CT molecular complexity index is 286. The molecule has 0 amide bonds. The smallest absolute Gasteiger partial charge is 0.324 e. The zero-order valence-electron chi connectivity index (χ0n) is 11.6. The average Bonchev–Trinajstić information content (AvgIpc) is 2.40. The van der Waals surface area contributed by atoms with E-state index in [4.69, 9.17) is 0 Å². The number of nitrogens with one attached hydrogen (secondary N) is 1. The second-order valence-corrected chi connectivity index (χ2v) is 6.11. The second-order valence-electron chi connectivity index (χ2n) is 6.11. The van der Waals surface area contributed by atoms with Crippen LogP contribution in [-0.2, 0) is 4.79 Å². The molecule has 3 nitrogen and oxygen atoms in total. The fourth-order valence-electron chi connectivity index (χ4n) is 3.94. The first kappa shape index (κ1) is 13.9. The molecular weight excluding hydrogens is 226 g/mol. The van der Waals surface area contributed by atoms with Gasteiger partial charge in [0.05, 0.1) is 0 Å². The van der Waals surface area contributed by atoms with Gasteiger partial charge in [-0.15, -0.1) is 0 Å². The van der Waals surface area contributed by atoms with Crippen LogP contribution < -0.4 is 5.32 Å². The summed E-state index contributed by atoms with van der Waals surface area (Å²) in [4.78, 5) is 11.9. The van der Waals surface area contributed by atoms with Crippen LogP contribution >= 0.6 is 0 Å². The monoisotopic (exact) mass is 253 g/mol. The van der Waals surface area contributed by atoms with Crippen molar-refractivity contribution in [2.75, 3.05) is 0 Å². The van der Waals surface area contributed by atoms with E-state index in [1.54, 1.807) is 0 Å². The van der Waals surface area contributed by atoms with Crippen LogP contribution in [-0.4, -0.2) is 22.7 Å². The van der Waals surface area contributed by atoms with Crippen molar-refractivity contribution in [2.24, 2.45) is 5.92 Å². The molecule has 2 aliphatic rings. The average molecular weight is 253 g/mol. The van der Waals surface area contributed by atoms with Crippen molar-refractivity contribution >= 4 is 5.97 Å². The van der Waals surface area contributed by atoms with Crippen molar-refractivity contribution in [1.82, 2.24) is 5.32 Å². The number of carboxylic acid groups (broad SMARTS) is 1. The van der Waals surface area contributed by atoms with Gasteiger partial charge in [-0.05, 0) is 31.6 Å². The van der Waals surface area contributed by atoms with Crippen LogP contribution in [0.1, 0.15) is 71.1 Å². The summed E-state index contributed by atoms with van der Waals surface area (Å²) >= 11 is 0. The van der Waals surface area contributed by atoms with Crippen molar-refractivity contribution in [3.63, 3.8) is 0 Å². The van der Waals surface area contributed by atoms with Gasteiger partial charge in [0.1, 0.15) is 5.54 Å². The summed E-state index contributed by atoms with van der Waals surface area (Å²) in [6.07, 6.45) is 11.3. The van der Waals surface area contributed by atoms with E-state index in [2.05, 4.69) is 12.2 Å². The van der Waals surface area contributed by atoms with Crippen LogP contribution in [0.5, 0.6) is 0 Å². The van der Waals surface area contributed by atoms with Gasteiger partial charge in [0.15, 0.2) is 0 Å². The number of carbonyl (C=O) groups is 1. The van der Waals surface area contributed by atoms with Crippen LogP contribution in [0, 0.1) is 5.92 Å². The first-order chi connectivity index (χ1) is 8.69. The Hall–Kier alpha value is -0.570. The molecule has 0 bridgehead atoms. The highest BCUT2D eigenvalue weighted by Gasteiger charge is 2.47. The molecule has 2 saturated carbocycles. The number of rotatable bonds is 4. The summed E-state index contributed by atoms with van der Waals surface area (Å²) in [5, 5.41) is 13.3. The summed E-state index contributed by atoms with van der Waals surface area (Å²) in [7, 11) is 0. The Kier molecular flexibility index (Phi) is 4.66. The molecule has 0 aromatic carbocycles. The molecule has 2 fully saturated rings. The van der Waals surface area contributed by atoms with Crippen molar-refractivity contribution in [3.05, 3.63) is 0 Å². The molecule has 0 radical (unpaired) electrons. The van der Waals surface area contributed by atoms with E-state index in [0.29, 0.717) is 12.0 Å². The predicted octanol–water partition coefficient (Wildman–Crippen LogP) is 3.33. The Morgan fingerprint density at radius 3 is 2.44 bits per heavy atom. The number of hydrogen-bond donors (Lipinski definition) is 2. The maximum absolute atomic E-state index is 11.9. The number of hydrogen-bond acceptors (Lipinski definition) is 2. The fraction of sp³-hybridized carbons (Fsp3) is 0.933. The van der Waals surface area contributed by atoms with E-state index in [1.807, 2.05) is 0 Å². The molecule has 0 aliphatic heterocycles. The van der Waals surface area contributed by atoms with Gasteiger partial charge in [-0.2, -0.15) is 0 Å². The standard InChI is InChI=1S/C15H27NO2/c1-2-12-8-6-7-11-15(12,14(17)18)16-13-9-4-3-5-10-13/h12-13,16H,2-11H2,1H3,(H,17,18). The zero-order valence-corrected chi connectivity index (χ0v) is 11.6. The minimum absolute atomic E-state index is 0.311. The molecule has 0 aromatic heterocycles. The molecule has 2 N–H and O–H groups in total. The summed E-state index contributed by atoms with van der Waals surface area (Å²) < 4.78 is 0. The van der Waals surface area contributed by atoms with Gasteiger partial charge in [-0.1, -0.05) is 45.4 Å². The Morgan fingerprint density at radius 1 is 1.17 bits per heavy atom. The van der Waals surface area contributed by atoms with Crippen molar-refractivity contribution < 1.29 is 9.90 Å². The third-order valence-corrected chi connectivity index (χ3v) is 5.01. The van der Waals surface area contributed by atoms with Crippen LogP contribution in [0.4, 0.5) is 0 Å². The van der Waals surface area contributed by atoms with E-state index >= 15 is 0 Å². The maximum Gasteiger partial charge on any atom is 0.324 e. The van der Waals surface area contributed by atoms with Gasteiger partial charge in [-0.25, -0.2) is 0 Å². The molecule has 2 rings (SSSR count). The molecule has 2 unspecified atom stereocenters. The normalized spacial score (nSPS) is 34.4. The highest BCUT2D eigenvalue weighted by molar-refractivity contribution is 5.79. The van der Waals surface area contributed by atoms with Crippen molar-refractivity contribution in [3.8, 4) is 0 Å². The highest BCUT2D eigenvalue weighted by atomic mass is 16.4. The lowest BCUT2D eigenvalue weighted by Gasteiger charge is -2.44. The Morgan fingerprint density at radius 2 is 1.83 bits per heavy atom. The van der Waals surface area contributed by atoms with Gasteiger partial charge >= 0.3 is 5.97 Å². The van der Waals surface area contributed by atoms with Gasteiger partial charge in [0.25, 0.3) is 0 Å². The minimum Gasteiger partial charge on any atom is -0.480 e. The highest BCUT2D eigenvalue weighted by Crippen LogP contribution is 2.37. The third kappa shape index (κ3) is 2.71. The summed E-state index contributed by atoms with van der Waals surface area (Å²) in [5.74, 6) is -0.301. The van der Waals surface area contributed by atoms with E-state index in [0.717, 1.165) is 38.5 Å². The predicted molar refractivity (Wildman–Crippen MR) is 72.6 cm³/mol. The summed E-state index contributed by atoms with van der Waals surface area (Å²) in [5.41, 5.74) is -0.630. The van der Waals surface area contributed by atoms with Crippen LogP contribution in [0.15, 0.2) is 0 Å². The molecular formula is C15H27NO2. The van der Waals surface area contributed by atoms with Gasteiger partial charge in [0.2, 0.25) is 0 Å². The lowest BCUT2D eigenvalue weighted by Crippen LogP contribution is -2.61. The van der Waals surface area contributed by atoms with Crippen LogP contribution in [0.2, 0.25) is 0 Å². The SMILES string of the molecule is CCC1CCCCC1(NC1CCCCC1)C(=O)O. The Labute approximate surface area is 110 Å². The second kappa shape index (κ2) is 6.05. The van der Waals surface area contributed by atoms with E-state index < -0.39 is 11.5 Å². The first-order valence-electron chi connectivity index (χ1n) is 7.70. The van der Waals surface area contributed by atoms with Crippen LogP contribution in [0.25, 0.3) is 0 Å². The van der Waals surface area contributed by atoms with E-state index in [1.165, 1.54) is 25.7 Å². The van der Waals surface area contributed by atoms with E-state index in [9.17, 15) is 9.90 Å². The molecule has 0 aromatic rings. The van der Waals surface area contributed by atoms with E-state index in [-0.39, 0.29) is 0 Å². The summed E-state index contributed by atoms with van der Waals surface area (Å²) in [6.45, 7) is 2.14. The molecule has 0 heterocycles. The lowest BCUT2D eigenvalue weighted by molar-refractivity contribution is -0.150. The maximum atomic E-state index is 11.9. The van der Waals surface area contributed by atoms with Gasteiger partial charge in [0, 0.05) is 6.04 Å².